The van der Waals surface area contributed by atoms with Gasteiger partial charge in [0.1, 0.15) is 0 Å². The number of hydrogen-bond donors (Lipinski definition) is 1. The van der Waals surface area contributed by atoms with Crippen LogP contribution in [0.25, 0.3) is 0 Å². The van der Waals surface area contributed by atoms with Gasteiger partial charge in [-0.3, -0.25) is 0 Å². The van der Waals surface area contributed by atoms with Gasteiger partial charge in [0.15, 0.2) is 0 Å². The second-order valence-electron chi connectivity index (χ2n) is 5.05. The van der Waals surface area contributed by atoms with Gasteiger partial charge >= 0.3 is 0 Å². The van der Waals surface area contributed by atoms with Crippen LogP contribution in [0.3, 0.4) is 0 Å². The Morgan fingerprint density at radius 3 is 2.61 bits per heavy atom. The van der Waals surface area contributed by atoms with E-state index in [4.69, 9.17) is 16.9 Å². The van der Waals surface area contributed by atoms with E-state index in [-0.39, 0.29) is 0 Å². The third kappa shape index (κ3) is 3.73. The van der Waals surface area contributed by atoms with Crippen molar-refractivity contribution in [2.75, 3.05) is 0 Å². The van der Waals surface area contributed by atoms with Crippen LogP contribution in [0.4, 0.5) is 0 Å². The van der Waals surface area contributed by atoms with Crippen LogP contribution in [0.1, 0.15) is 37.7 Å². The molecule has 0 heterocycles. The van der Waals surface area contributed by atoms with Crippen LogP contribution in [0, 0.1) is 17.2 Å². The predicted octanol–water partition coefficient (Wildman–Crippen LogP) is 3.90. The number of halogens is 1. The van der Waals surface area contributed by atoms with Crippen molar-refractivity contribution in [2.24, 2.45) is 5.92 Å². The minimum atomic E-state index is 0.580. The molecule has 1 aromatic rings. The molecule has 1 aliphatic rings. The molecule has 0 spiro atoms. The molecule has 96 valence electrons. The van der Waals surface area contributed by atoms with Gasteiger partial charge in [0.05, 0.1) is 6.07 Å². The summed E-state index contributed by atoms with van der Waals surface area (Å²) >= 11 is 6.13. The zero-order valence-corrected chi connectivity index (χ0v) is 11.3. The van der Waals surface area contributed by atoms with Crippen LogP contribution in [-0.2, 0) is 6.54 Å². The van der Waals surface area contributed by atoms with Crippen molar-refractivity contribution in [3.05, 3.63) is 34.9 Å². The predicted molar refractivity (Wildman–Crippen MR) is 74.3 cm³/mol. The third-order valence-corrected chi connectivity index (χ3v) is 4.13. The molecule has 1 aliphatic carbocycles. The molecule has 1 saturated carbocycles. The lowest BCUT2D eigenvalue weighted by molar-refractivity contribution is 0.294. The largest absolute Gasteiger partial charge is 0.310 e. The van der Waals surface area contributed by atoms with Crippen molar-refractivity contribution in [3.63, 3.8) is 0 Å². The minimum absolute atomic E-state index is 0.580. The number of nitrogens with one attached hydrogen (secondary N) is 1. The lowest BCUT2D eigenvalue weighted by Crippen LogP contribution is -2.32. The van der Waals surface area contributed by atoms with Crippen molar-refractivity contribution < 1.29 is 0 Å². The van der Waals surface area contributed by atoms with E-state index >= 15 is 0 Å². The Labute approximate surface area is 114 Å². The monoisotopic (exact) mass is 262 g/mol. The maximum Gasteiger partial charge on any atom is 0.0624 e. The summed E-state index contributed by atoms with van der Waals surface area (Å²) < 4.78 is 0. The van der Waals surface area contributed by atoms with E-state index < -0.39 is 0 Å². The highest BCUT2D eigenvalue weighted by Crippen LogP contribution is 2.26. The van der Waals surface area contributed by atoms with Crippen molar-refractivity contribution in [1.29, 1.82) is 5.26 Å². The van der Waals surface area contributed by atoms with Gasteiger partial charge in [-0.2, -0.15) is 5.26 Å². The summed E-state index contributed by atoms with van der Waals surface area (Å²) in [5, 5.41) is 13.1. The van der Waals surface area contributed by atoms with E-state index in [0.717, 1.165) is 18.0 Å². The van der Waals surface area contributed by atoms with E-state index in [2.05, 4.69) is 17.5 Å². The molecule has 18 heavy (non-hydrogen) atoms. The van der Waals surface area contributed by atoms with Gasteiger partial charge in [0, 0.05) is 24.0 Å². The Balaban J connectivity index is 1.76. The third-order valence-electron chi connectivity index (χ3n) is 3.77. The number of hydrogen-bond acceptors (Lipinski definition) is 2. The van der Waals surface area contributed by atoms with Crippen LogP contribution in [0.15, 0.2) is 24.3 Å². The summed E-state index contributed by atoms with van der Waals surface area (Å²) in [7, 11) is 0. The first-order chi connectivity index (χ1) is 8.79. The average Bonchev–Trinajstić information content (AvgIpc) is 2.40. The molecule has 0 aliphatic heterocycles. The Morgan fingerprint density at radius 1 is 1.22 bits per heavy atom. The molecule has 0 atom stereocenters. The highest BCUT2D eigenvalue weighted by molar-refractivity contribution is 6.31. The summed E-state index contributed by atoms with van der Waals surface area (Å²) in [6.07, 6.45) is 5.42. The summed E-state index contributed by atoms with van der Waals surface area (Å²) in [6.45, 7) is 0.841. The van der Waals surface area contributed by atoms with Gasteiger partial charge < -0.3 is 5.32 Å². The maximum atomic E-state index is 8.69. The normalized spacial score (nSPS) is 23.6. The zero-order valence-electron chi connectivity index (χ0n) is 10.5. The quantitative estimate of drug-likeness (QED) is 0.893. The van der Waals surface area contributed by atoms with E-state index in [9.17, 15) is 0 Å². The minimum Gasteiger partial charge on any atom is -0.310 e. The van der Waals surface area contributed by atoms with Crippen molar-refractivity contribution in [1.82, 2.24) is 5.32 Å². The fourth-order valence-corrected chi connectivity index (χ4v) is 2.80. The summed E-state index contributed by atoms with van der Waals surface area (Å²) in [5.41, 5.74) is 1.17. The Hall–Kier alpha value is -1.04. The van der Waals surface area contributed by atoms with Crippen LogP contribution in [0.2, 0.25) is 5.02 Å². The van der Waals surface area contributed by atoms with Crippen LogP contribution < -0.4 is 5.32 Å². The molecular weight excluding hydrogens is 244 g/mol. The van der Waals surface area contributed by atoms with E-state index in [0.29, 0.717) is 12.0 Å². The first-order valence-corrected chi connectivity index (χ1v) is 7.01. The second-order valence-corrected chi connectivity index (χ2v) is 5.46. The molecule has 2 rings (SSSR count). The number of nitriles is 1. The summed E-state index contributed by atoms with van der Waals surface area (Å²) in [6, 6.07) is 10.8. The average molecular weight is 263 g/mol. The van der Waals surface area contributed by atoms with Crippen LogP contribution in [0.5, 0.6) is 0 Å². The molecule has 0 amide bonds. The lowest BCUT2D eigenvalue weighted by atomic mass is 9.84. The first-order valence-electron chi connectivity index (χ1n) is 6.63. The number of rotatable bonds is 4. The zero-order chi connectivity index (χ0) is 12.8. The lowest BCUT2D eigenvalue weighted by Gasteiger charge is -2.28. The first kappa shape index (κ1) is 13.4. The van der Waals surface area contributed by atoms with Crippen molar-refractivity contribution in [3.8, 4) is 6.07 Å². The SMILES string of the molecule is N#CCC1CCC(NCc2ccccc2Cl)CC1. The Kier molecular flexibility index (Phi) is 5.04. The van der Waals surface area contributed by atoms with Gasteiger partial charge in [-0.25, -0.2) is 0 Å². The number of nitrogens with zero attached hydrogens (tertiary/aromatic N) is 1. The topological polar surface area (TPSA) is 35.8 Å². The van der Waals surface area contributed by atoms with Gasteiger partial charge in [-0.15, -0.1) is 0 Å². The molecule has 1 N–H and O–H groups in total. The molecule has 1 fully saturated rings. The molecule has 3 heteroatoms. The van der Waals surface area contributed by atoms with E-state index in [1.165, 1.54) is 31.2 Å². The summed E-state index contributed by atoms with van der Waals surface area (Å²) in [5.74, 6) is 0.619. The molecule has 0 aromatic heterocycles. The highest BCUT2D eigenvalue weighted by atomic mass is 35.5. The molecule has 2 nitrogen and oxygen atoms in total. The summed E-state index contributed by atoms with van der Waals surface area (Å²) in [4.78, 5) is 0. The van der Waals surface area contributed by atoms with E-state index in [1.807, 2.05) is 18.2 Å². The fourth-order valence-electron chi connectivity index (χ4n) is 2.60. The second kappa shape index (κ2) is 6.78. The fraction of sp³-hybridized carbons (Fsp3) is 0.533. The van der Waals surface area contributed by atoms with Crippen LogP contribution in [-0.4, -0.2) is 6.04 Å². The van der Waals surface area contributed by atoms with Gasteiger partial charge in [0.25, 0.3) is 0 Å². The number of benzene rings is 1. The van der Waals surface area contributed by atoms with Crippen molar-refractivity contribution in [2.45, 2.75) is 44.7 Å². The highest BCUT2D eigenvalue weighted by Gasteiger charge is 2.20. The molecule has 0 unspecified atom stereocenters. The Morgan fingerprint density at radius 2 is 1.94 bits per heavy atom. The molecule has 0 bridgehead atoms. The molecular formula is C15H19ClN2. The standard InChI is InChI=1S/C15H19ClN2/c16-15-4-2-1-3-13(15)11-18-14-7-5-12(6-8-14)9-10-17/h1-4,12,14,18H,5-9,11H2. The molecule has 0 radical (unpaired) electrons. The van der Waals surface area contributed by atoms with Gasteiger partial charge in [-0.05, 0) is 43.2 Å². The maximum absolute atomic E-state index is 8.69. The van der Waals surface area contributed by atoms with Gasteiger partial charge in [-0.1, -0.05) is 29.8 Å². The Bertz CT molecular complexity index is 417. The van der Waals surface area contributed by atoms with Crippen molar-refractivity contribution >= 4 is 11.6 Å². The molecule has 0 saturated heterocycles. The molecule has 1 aromatic carbocycles. The van der Waals surface area contributed by atoms with E-state index in [1.54, 1.807) is 0 Å². The smallest absolute Gasteiger partial charge is 0.0624 e. The van der Waals surface area contributed by atoms with Gasteiger partial charge in [0.2, 0.25) is 0 Å². The van der Waals surface area contributed by atoms with Crippen LogP contribution >= 0.6 is 11.6 Å².